The van der Waals surface area contributed by atoms with Crippen molar-refractivity contribution in [2.24, 2.45) is 0 Å². The maximum atomic E-state index is 10.2. The molecular formula is C3IN2O3Y-. The molecule has 51 valence electrons. The van der Waals surface area contributed by atoms with E-state index in [-0.39, 0.29) is 32.7 Å². The smallest absolute Gasteiger partial charge is 0.276 e. The average molecular weight is 328 g/mol. The molecule has 0 aliphatic rings. The Morgan fingerprint density at radius 3 is 2.30 bits per heavy atom. The van der Waals surface area contributed by atoms with Gasteiger partial charge in [-0.1, -0.05) is 0 Å². The molecule has 0 aromatic rings. The number of halogens is 1. The van der Waals surface area contributed by atoms with E-state index in [0.717, 1.165) is 6.29 Å². The molecule has 0 saturated heterocycles. The van der Waals surface area contributed by atoms with Gasteiger partial charge in [0.25, 0.3) is 11.7 Å². The SMILES string of the molecule is [N-]=[N+]=C([C-]=O)C(=O)OI.[Y]. The van der Waals surface area contributed by atoms with Crippen molar-refractivity contribution in [1.82, 2.24) is 0 Å². The van der Waals surface area contributed by atoms with Gasteiger partial charge in [-0.3, -0.25) is 0 Å². The van der Waals surface area contributed by atoms with E-state index < -0.39 is 11.7 Å². The van der Waals surface area contributed by atoms with Gasteiger partial charge in [0, 0.05) is 32.7 Å². The monoisotopic (exact) mass is 328 g/mol. The Morgan fingerprint density at radius 2 is 2.20 bits per heavy atom. The first kappa shape index (κ1) is 13.0. The molecule has 10 heavy (non-hydrogen) atoms. The van der Waals surface area contributed by atoms with Crippen LogP contribution in [0.1, 0.15) is 0 Å². The summed E-state index contributed by atoms with van der Waals surface area (Å²) in [6.45, 7) is 0. The van der Waals surface area contributed by atoms with Crippen LogP contribution in [0.15, 0.2) is 0 Å². The summed E-state index contributed by atoms with van der Waals surface area (Å²) in [6.07, 6.45) is 1.07. The molecule has 1 radical (unpaired) electrons. The summed E-state index contributed by atoms with van der Waals surface area (Å²) < 4.78 is 3.97. The van der Waals surface area contributed by atoms with Crippen molar-refractivity contribution >= 4 is 41.0 Å². The summed E-state index contributed by atoms with van der Waals surface area (Å²) in [5.41, 5.74) is 7.08. The van der Waals surface area contributed by atoms with Crippen molar-refractivity contribution in [3.8, 4) is 0 Å². The molecule has 0 N–H and O–H groups in total. The standard InChI is InChI=1S/C3IN2O3.Y/c4-9-3(8)2(1-7)6-5;/q-1;. The second kappa shape index (κ2) is 7.46. The van der Waals surface area contributed by atoms with Gasteiger partial charge < -0.3 is 18.2 Å². The molecule has 0 atom stereocenters. The fourth-order valence-electron chi connectivity index (χ4n) is 0.139. The molecule has 0 unspecified atom stereocenters. The number of hydrogen-bond acceptors (Lipinski definition) is 3. The Balaban J connectivity index is 0. The van der Waals surface area contributed by atoms with Crippen molar-refractivity contribution in [2.45, 2.75) is 0 Å². The summed E-state index contributed by atoms with van der Waals surface area (Å²) >= 11 is 1.25. The molecule has 7 heteroatoms. The van der Waals surface area contributed by atoms with Crippen LogP contribution in [-0.4, -0.2) is 22.8 Å². The topological polar surface area (TPSA) is 79.8 Å². The normalized spacial score (nSPS) is 6.50. The maximum Gasteiger partial charge on any atom is 0.276 e. The van der Waals surface area contributed by atoms with Gasteiger partial charge in [0.05, 0.1) is 6.29 Å². The minimum absolute atomic E-state index is 0. The van der Waals surface area contributed by atoms with Gasteiger partial charge in [-0.2, -0.15) is 4.79 Å². The van der Waals surface area contributed by atoms with Crippen LogP contribution in [0.3, 0.4) is 0 Å². The predicted molar refractivity (Wildman–Crippen MR) is 34.4 cm³/mol. The second-order valence-corrected chi connectivity index (χ2v) is 1.36. The fraction of sp³-hybridized carbons (Fsp3) is 0. The molecule has 0 heterocycles. The van der Waals surface area contributed by atoms with Crippen LogP contribution in [0.4, 0.5) is 0 Å². The molecule has 0 amide bonds. The van der Waals surface area contributed by atoms with E-state index in [9.17, 15) is 9.59 Å². The van der Waals surface area contributed by atoms with Crippen molar-refractivity contribution in [1.29, 1.82) is 0 Å². The predicted octanol–water partition coefficient (Wildman–Crippen LogP) is -0.342. The summed E-state index contributed by atoms with van der Waals surface area (Å²) in [4.78, 5) is 22.1. The number of carbonyl (C=O) groups excluding carboxylic acids is 2. The molecule has 0 fully saturated rings. The summed E-state index contributed by atoms with van der Waals surface area (Å²) in [5.74, 6) is -1.02. The van der Waals surface area contributed by atoms with Crippen molar-refractivity contribution in [2.75, 3.05) is 0 Å². The minimum atomic E-state index is -1.02. The molecule has 0 aliphatic carbocycles. The van der Waals surface area contributed by atoms with E-state index in [0.29, 0.717) is 0 Å². The Morgan fingerprint density at radius 1 is 1.70 bits per heavy atom. The van der Waals surface area contributed by atoms with E-state index >= 15 is 0 Å². The third-order valence-electron chi connectivity index (χ3n) is 0.460. The quantitative estimate of drug-likeness (QED) is 0.174. The molecule has 0 spiro atoms. The van der Waals surface area contributed by atoms with E-state index in [1.807, 2.05) is 0 Å². The second-order valence-electron chi connectivity index (χ2n) is 0.915. The third kappa shape index (κ3) is 4.21. The summed E-state index contributed by atoms with van der Waals surface area (Å²) in [7, 11) is 0. The van der Waals surface area contributed by atoms with Crippen LogP contribution < -0.4 is 0 Å². The van der Waals surface area contributed by atoms with E-state index in [4.69, 9.17) is 5.53 Å². The number of hydrogen-bond donors (Lipinski definition) is 0. The van der Waals surface area contributed by atoms with E-state index in [1.165, 1.54) is 23.0 Å². The zero-order valence-electron chi connectivity index (χ0n) is 4.57. The van der Waals surface area contributed by atoms with Gasteiger partial charge in [-0.25, -0.2) is 0 Å². The molecule has 5 nitrogen and oxygen atoms in total. The van der Waals surface area contributed by atoms with Gasteiger partial charge in [0.2, 0.25) is 0 Å². The van der Waals surface area contributed by atoms with Crippen LogP contribution in [0.25, 0.3) is 5.53 Å². The zero-order chi connectivity index (χ0) is 7.28. The molecule has 0 aromatic heterocycles. The largest absolute Gasteiger partial charge is 0.478 e. The van der Waals surface area contributed by atoms with Crippen LogP contribution in [-0.2, 0) is 45.4 Å². The molecular weight excluding hydrogens is 328 g/mol. The summed E-state index contributed by atoms with van der Waals surface area (Å²) in [5, 5.41) is 0. The molecule has 0 saturated carbocycles. The Hall–Kier alpha value is 0.354. The molecule has 0 rings (SSSR count). The zero-order valence-corrected chi connectivity index (χ0v) is 9.57. The van der Waals surface area contributed by atoms with Gasteiger partial charge in [0.15, 0.2) is 23.0 Å². The van der Waals surface area contributed by atoms with Gasteiger partial charge in [0.1, 0.15) is 0 Å². The number of nitrogens with zero attached hydrogens (tertiary/aromatic N) is 2. The van der Waals surface area contributed by atoms with Gasteiger partial charge in [-0.05, 0) is 0 Å². The summed E-state index contributed by atoms with van der Waals surface area (Å²) in [6, 6.07) is 0. The van der Waals surface area contributed by atoms with Crippen LogP contribution in [0.2, 0.25) is 0 Å². The van der Waals surface area contributed by atoms with Crippen molar-refractivity contribution in [3.63, 3.8) is 0 Å². The van der Waals surface area contributed by atoms with E-state index in [2.05, 4.69) is 7.86 Å². The average Bonchev–Trinajstić information content (AvgIpc) is 1.90. The first-order chi connectivity index (χ1) is 4.26. The van der Waals surface area contributed by atoms with Crippen LogP contribution in [0.5, 0.6) is 0 Å². The Kier molecular flexibility index (Phi) is 9.68. The van der Waals surface area contributed by atoms with Crippen LogP contribution in [0, 0.1) is 0 Å². The van der Waals surface area contributed by atoms with Gasteiger partial charge >= 0.3 is 0 Å². The molecule has 0 aromatic carbocycles. The maximum absolute atomic E-state index is 10.2. The minimum Gasteiger partial charge on any atom is -0.478 e. The van der Waals surface area contributed by atoms with E-state index in [1.54, 1.807) is 0 Å². The first-order valence-corrected chi connectivity index (χ1v) is 2.57. The van der Waals surface area contributed by atoms with Gasteiger partial charge in [-0.15, -0.1) is 0 Å². The number of carbonyl (C=O) groups is 1. The van der Waals surface area contributed by atoms with Crippen LogP contribution >= 0.6 is 23.0 Å². The Labute approximate surface area is 95.7 Å². The van der Waals surface area contributed by atoms with Crippen molar-refractivity contribution < 1.29 is 50.2 Å². The number of rotatable bonds is 2. The first-order valence-electron chi connectivity index (χ1n) is 1.69. The fourth-order valence-corrected chi connectivity index (χ4v) is 0.348. The van der Waals surface area contributed by atoms with Crippen molar-refractivity contribution in [3.05, 3.63) is 5.53 Å². The third-order valence-corrected chi connectivity index (χ3v) is 0.860. The molecule has 0 bridgehead atoms. The Bertz CT molecular complexity index is 188. The molecule has 0 aliphatic heterocycles.